The van der Waals surface area contributed by atoms with Gasteiger partial charge in [0.1, 0.15) is 5.82 Å². The van der Waals surface area contributed by atoms with Gasteiger partial charge in [0.2, 0.25) is 0 Å². The van der Waals surface area contributed by atoms with E-state index in [1.54, 1.807) is 6.07 Å². The van der Waals surface area contributed by atoms with Crippen LogP contribution >= 0.6 is 0 Å². The molecule has 1 aromatic rings. The van der Waals surface area contributed by atoms with Crippen molar-refractivity contribution < 1.29 is 15.0 Å². The number of aromatic carboxylic acids is 1. The molecule has 19 heavy (non-hydrogen) atoms. The Hall–Kier alpha value is -1.69. The standard InChI is InChI=1S/C13H19N3O3/c1-9-3-2-6-13(7-9,8-17)14-11-5-4-10(12(18)19)15-16-11/h4-5,9,17H,2-3,6-8H2,1H3,(H,14,16)(H,18,19). The minimum Gasteiger partial charge on any atom is -0.476 e. The summed E-state index contributed by atoms with van der Waals surface area (Å²) in [7, 11) is 0. The summed E-state index contributed by atoms with van der Waals surface area (Å²) >= 11 is 0. The van der Waals surface area contributed by atoms with Gasteiger partial charge in [-0.3, -0.25) is 0 Å². The lowest BCUT2D eigenvalue weighted by molar-refractivity contribution is 0.0689. The topological polar surface area (TPSA) is 95.3 Å². The van der Waals surface area contributed by atoms with Gasteiger partial charge < -0.3 is 15.5 Å². The zero-order valence-corrected chi connectivity index (χ0v) is 11.0. The van der Waals surface area contributed by atoms with Crippen LogP contribution in [0.2, 0.25) is 0 Å². The van der Waals surface area contributed by atoms with Crippen molar-refractivity contribution in [1.82, 2.24) is 10.2 Å². The molecule has 1 heterocycles. The smallest absolute Gasteiger partial charge is 0.356 e. The number of hydrogen-bond donors (Lipinski definition) is 3. The Kier molecular flexibility index (Phi) is 3.99. The highest BCUT2D eigenvalue weighted by Crippen LogP contribution is 2.34. The second kappa shape index (κ2) is 5.52. The summed E-state index contributed by atoms with van der Waals surface area (Å²) in [6, 6.07) is 3.00. The molecule has 0 aliphatic heterocycles. The van der Waals surface area contributed by atoms with E-state index in [9.17, 15) is 9.90 Å². The molecule has 0 spiro atoms. The van der Waals surface area contributed by atoms with Crippen molar-refractivity contribution in [2.45, 2.75) is 38.1 Å². The lowest BCUT2D eigenvalue weighted by Crippen LogP contribution is -2.46. The summed E-state index contributed by atoms with van der Waals surface area (Å²) < 4.78 is 0. The molecule has 6 nitrogen and oxygen atoms in total. The molecule has 2 atom stereocenters. The number of nitrogens with one attached hydrogen (secondary N) is 1. The van der Waals surface area contributed by atoms with E-state index in [1.807, 2.05) is 0 Å². The Labute approximate surface area is 111 Å². The van der Waals surface area contributed by atoms with Crippen LogP contribution in [0.15, 0.2) is 12.1 Å². The fraction of sp³-hybridized carbons (Fsp3) is 0.615. The van der Waals surface area contributed by atoms with Crippen LogP contribution in [0.25, 0.3) is 0 Å². The Morgan fingerprint density at radius 2 is 2.32 bits per heavy atom. The van der Waals surface area contributed by atoms with Crippen LogP contribution in [0.4, 0.5) is 5.82 Å². The van der Waals surface area contributed by atoms with E-state index in [4.69, 9.17) is 5.11 Å². The predicted octanol–water partition coefficient (Wildman–Crippen LogP) is 1.53. The Morgan fingerprint density at radius 3 is 2.84 bits per heavy atom. The molecule has 1 aromatic heterocycles. The number of hydrogen-bond acceptors (Lipinski definition) is 5. The lowest BCUT2D eigenvalue weighted by Gasteiger charge is -2.39. The third-order valence-electron chi connectivity index (χ3n) is 3.67. The van der Waals surface area contributed by atoms with Crippen LogP contribution in [-0.2, 0) is 0 Å². The minimum absolute atomic E-state index is 0.0414. The minimum atomic E-state index is -1.10. The summed E-state index contributed by atoms with van der Waals surface area (Å²) in [5.74, 6) is -0.0324. The predicted molar refractivity (Wildman–Crippen MR) is 70.1 cm³/mol. The number of carboxylic acid groups (broad SMARTS) is 1. The Balaban J connectivity index is 2.11. The number of nitrogens with zero attached hydrogens (tertiary/aromatic N) is 2. The average Bonchev–Trinajstić information content (AvgIpc) is 2.39. The van der Waals surface area contributed by atoms with Crippen LogP contribution < -0.4 is 5.32 Å². The quantitative estimate of drug-likeness (QED) is 0.764. The maximum absolute atomic E-state index is 10.7. The van der Waals surface area contributed by atoms with E-state index < -0.39 is 5.97 Å². The van der Waals surface area contributed by atoms with Gasteiger partial charge in [0.25, 0.3) is 0 Å². The maximum atomic E-state index is 10.7. The molecular weight excluding hydrogens is 246 g/mol. The number of anilines is 1. The molecule has 2 unspecified atom stereocenters. The van der Waals surface area contributed by atoms with E-state index in [2.05, 4.69) is 22.4 Å². The van der Waals surface area contributed by atoms with Crippen LogP contribution in [-0.4, -0.2) is 38.5 Å². The lowest BCUT2D eigenvalue weighted by atomic mass is 9.77. The fourth-order valence-corrected chi connectivity index (χ4v) is 2.74. The molecular formula is C13H19N3O3. The largest absolute Gasteiger partial charge is 0.476 e. The maximum Gasteiger partial charge on any atom is 0.356 e. The first-order chi connectivity index (χ1) is 9.04. The van der Waals surface area contributed by atoms with Crippen LogP contribution in [0.3, 0.4) is 0 Å². The van der Waals surface area contributed by atoms with Gasteiger partial charge in [0.15, 0.2) is 5.69 Å². The van der Waals surface area contributed by atoms with Gasteiger partial charge in [0, 0.05) is 0 Å². The number of aliphatic hydroxyl groups is 1. The number of carboxylic acids is 1. The first-order valence-corrected chi connectivity index (χ1v) is 6.51. The average molecular weight is 265 g/mol. The van der Waals surface area contributed by atoms with Gasteiger partial charge in [-0.1, -0.05) is 19.8 Å². The molecule has 1 aliphatic carbocycles. The summed E-state index contributed by atoms with van der Waals surface area (Å²) in [6.07, 6.45) is 4.00. The van der Waals surface area contributed by atoms with Gasteiger partial charge in [0.05, 0.1) is 12.1 Å². The summed E-state index contributed by atoms with van der Waals surface area (Å²) in [5, 5.41) is 29.1. The second-order valence-electron chi connectivity index (χ2n) is 5.37. The third-order valence-corrected chi connectivity index (χ3v) is 3.67. The zero-order chi connectivity index (χ0) is 13.9. The summed E-state index contributed by atoms with van der Waals surface area (Å²) in [6.45, 7) is 2.21. The monoisotopic (exact) mass is 265 g/mol. The summed E-state index contributed by atoms with van der Waals surface area (Å²) in [4.78, 5) is 10.7. The molecule has 0 aromatic carbocycles. The van der Waals surface area contributed by atoms with Crippen molar-refractivity contribution in [2.24, 2.45) is 5.92 Å². The summed E-state index contributed by atoms with van der Waals surface area (Å²) in [5.41, 5.74) is -0.447. The van der Waals surface area contributed by atoms with Crippen molar-refractivity contribution >= 4 is 11.8 Å². The first kappa shape index (κ1) is 13.7. The van der Waals surface area contributed by atoms with Gasteiger partial charge in [-0.25, -0.2) is 4.79 Å². The number of aliphatic hydroxyl groups excluding tert-OH is 1. The van der Waals surface area contributed by atoms with Crippen LogP contribution in [0.1, 0.15) is 43.1 Å². The highest BCUT2D eigenvalue weighted by Gasteiger charge is 2.34. The zero-order valence-electron chi connectivity index (χ0n) is 11.0. The molecule has 0 radical (unpaired) electrons. The molecule has 1 aliphatic rings. The molecule has 6 heteroatoms. The highest BCUT2D eigenvalue weighted by molar-refractivity contribution is 5.85. The SMILES string of the molecule is CC1CCCC(CO)(Nc2ccc(C(=O)O)nn2)C1. The molecule has 0 amide bonds. The Morgan fingerprint density at radius 1 is 1.53 bits per heavy atom. The van der Waals surface area contributed by atoms with Crippen LogP contribution in [0.5, 0.6) is 0 Å². The van der Waals surface area contributed by atoms with Crippen molar-refractivity contribution in [3.63, 3.8) is 0 Å². The van der Waals surface area contributed by atoms with E-state index in [0.717, 1.165) is 19.3 Å². The molecule has 1 fully saturated rings. The molecule has 3 N–H and O–H groups in total. The van der Waals surface area contributed by atoms with Crippen LogP contribution in [0, 0.1) is 5.92 Å². The fourth-order valence-electron chi connectivity index (χ4n) is 2.74. The molecule has 0 bridgehead atoms. The molecule has 1 saturated carbocycles. The van der Waals surface area contributed by atoms with Gasteiger partial charge in [-0.2, -0.15) is 0 Å². The van der Waals surface area contributed by atoms with E-state index >= 15 is 0 Å². The van der Waals surface area contributed by atoms with Gasteiger partial charge >= 0.3 is 5.97 Å². The normalized spacial score (nSPS) is 26.9. The molecule has 2 rings (SSSR count). The van der Waals surface area contributed by atoms with E-state index in [0.29, 0.717) is 11.7 Å². The first-order valence-electron chi connectivity index (χ1n) is 6.51. The van der Waals surface area contributed by atoms with Gasteiger partial charge in [-0.05, 0) is 30.9 Å². The van der Waals surface area contributed by atoms with E-state index in [-0.39, 0.29) is 17.8 Å². The van der Waals surface area contributed by atoms with Crippen molar-refractivity contribution in [1.29, 1.82) is 0 Å². The highest BCUT2D eigenvalue weighted by atomic mass is 16.4. The van der Waals surface area contributed by atoms with Crippen molar-refractivity contribution in [2.75, 3.05) is 11.9 Å². The number of carbonyl (C=O) groups is 1. The van der Waals surface area contributed by atoms with Gasteiger partial charge in [-0.15, -0.1) is 10.2 Å². The second-order valence-corrected chi connectivity index (χ2v) is 5.37. The third kappa shape index (κ3) is 3.20. The molecule has 104 valence electrons. The number of rotatable bonds is 4. The Bertz CT molecular complexity index is 449. The number of aromatic nitrogens is 2. The molecule has 0 saturated heterocycles. The van der Waals surface area contributed by atoms with Crippen molar-refractivity contribution in [3.05, 3.63) is 17.8 Å². The van der Waals surface area contributed by atoms with E-state index in [1.165, 1.54) is 12.5 Å². The van der Waals surface area contributed by atoms with Crippen molar-refractivity contribution in [3.8, 4) is 0 Å².